The number of aldehydes is 1. The van der Waals surface area contributed by atoms with Gasteiger partial charge in [0.05, 0.1) is 24.1 Å². The highest BCUT2D eigenvalue weighted by molar-refractivity contribution is 5.79. The summed E-state index contributed by atoms with van der Waals surface area (Å²) in [5.74, 6) is 0. The number of benzene rings is 1. The molecule has 1 aromatic rings. The molecule has 1 aromatic carbocycles. The van der Waals surface area contributed by atoms with E-state index in [-0.39, 0.29) is 6.42 Å². The molecule has 0 bridgehead atoms. The zero-order valence-electron chi connectivity index (χ0n) is 7.74. The van der Waals surface area contributed by atoms with Crippen LogP contribution in [0.25, 0.3) is 0 Å². The average molecular weight is 184 g/mol. The molecule has 14 heavy (non-hydrogen) atoms. The summed E-state index contributed by atoms with van der Waals surface area (Å²) in [7, 11) is 0. The second-order valence-corrected chi connectivity index (χ2v) is 2.94. The third-order valence-corrected chi connectivity index (χ3v) is 1.93. The van der Waals surface area contributed by atoms with Crippen LogP contribution in [0, 0.1) is 29.6 Å². The third-order valence-electron chi connectivity index (χ3n) is 1.93. The molecule has 0 saturated carbocycles. The molecule has 0 atom stereocenters. The maximum absolute atomic E-state index is 10.7. The molecule has 3 heteroatoms. The van der Waals surface area contributed by atoms with Gasteiger partial charge < -0.3 is 0 Å². The third kappa shape index (κ3) is 1.78. The van der Waals surface area contributed by atoms with Gasteiger partial charge in [-0.15, -0.1) is 0 Å². The normalized spacial score (nSPS) is 8.79. The maximum atomic E-state index is 10.7. The molecule has 0 aliphatic carbocycles. The van der Waals surface area contributed by atoms with E-state index in [1.165, 1.54) is 0 Å². The number of nitrogens with zero attached hydrogens (tertiary/aromatic N) is 2. The summed E-state index contributed by atoms with van der Waals surface area (Å²) in [6.45, 7) is 1.81. The van der Waals surface area contributed by atoms with Crippen molar-refractivity contribution < 1.29 is 4.79 Å². The first-order valence-corrected chi connectivity index (χ1v) is 4.08. The second-order valence-electron chi connectivity index (χ2n) is 2.94. The SMILES string of the molecule is Cc1cc(C#N)c(CC#N)c(C=O)c1. The fourth-order valence-corrected chi connectivity index (χ4v) is 1.33. The van der Waals surface area contributed by atoms with Crippen molar-refractivity contribution in [2.24, 2.45) is 0 Å². The summed E-state index contributed by atoms with van der Waals surface area (Å²) in [6, 6.07) is 7.29. The molecule has 3 nitrogen and oxygen atoms in total. The first kappa shape index (κ1) is 9.95. The van der Waals surface area contributed by atoms with Gasteiger partial charge >= 0.3 is 0 Å². The van der Waals surface area contributed by atoms with Crippen LogP contribution in [0.2, 0.25) is 0 Å². The Morgan fingerprint density at radius 3 is 2.64 bits per heavy atom. The Kier molecular flexibility index (Phi) is 2.99. The van der Waals surface area contributed by atoms with Gasteiger partial charge in [-0.05, 0) is 30.2 Å². The van der Waals surface area contributed by atoms with E-state index in [4.69, 9.17) is 10.5 Å². The molecule has 68 valence electrons. The van der Waals surface area contributed by atoms with Crippen molar-refractivity contribution in [2.75, 3.05) is 0 Å². The summed E-state index contributed by atoms with van der Waals surface area (Å²) >= 11 is 0. The Labute approximate surface area is 82.2 Å². The van der Waals surface area contributed by atoms with E-state index in [0.717, 1.165) is 5.56 Å². The van der Waals surface area contributed by atoms with Gasteiger partial charge in [0, 0.05) is 5.56 Å². The average Bonchev–Trinajstić information content (AvgIpc) is 2.20. The van der Waals surface area contributed by atoms with Crippen molar-refractivity contribution in [3.8, 4) is 12.1 Å². The van der Waals surface area contributed by atoms with Crippen LogP contribution in [0.15, 0.2) is 12.1 Å². The summed E-state index contributed by atoms with van der Waals surface area (Å²) in [4.78, 5) is 10.7. The fraction of sp³-hybridized carbons (Fsp3) is 0.182. The van der Waals surface area contributed by atoms with Gasteiger partial charge in [-0.1, -0.05) is 0 Å². The number of carbonyl (C=O) groups excluding carboxylic acids is 1. The van der Waals surface area contributed by atoms with Crippen molar-refractivity contribution in [1.29, 1.82) is 10.5 Å². The van der Waals surface area contributed by atoms with E-state index in [2.05, 4.69) is 0 Å². The van der Waals surface area contributed by atoms with Gasteiger partial charge in [0.25, 0.3) is 0 Å². The van der Waals surface area contributed by atoms with Gasteiger partial charge in [-0.2, -0.15) is 10.5 Å². The van der Waals surface area contributed by atoms with Crippen LogP contribution in [-0.4, -0.2) is 6.29 Å². The largest absolute Gasteiger partial charge is 0.298 e. The Morgan fingerprint density at radius 1 is 1.43 bits per heavy atom. The van der Waals surface area contributed by atoms with Gasteiger partial charge in [0.15, 0.2) is 0 Å². The van der Waals surface area contributed by atoms with Crippen LogP contribution < -0.4 is 0 Å². The van der Waals surface area contributed by atoms with E-state index in [1.807, 2.05) is 19.1 Å². The summed E-state index contributed by atoms with van der Waals surface area (Å²) in [5, 5.41) is 17.4. The zero-order chi connectivity index (χ0) is 10.6. The molecule has 0 unspecified atom stereocenters. The summed E-state index contributed by atoms with van der Waals surface area (Å²) in [5.41, 5.74) is 2.22. The van der Waals surface area contributed by atoms with E-state index in [9.17, 15) is 4.79 Å². The molecule has 0 saturated heterocycles. The lowest BCUT2D eigenvalue weighted by Crippen LogP contribution is -1.97. The Morgan fingerprint density at radius 2 is 2.14 bits per heavy atom. The molecule has 0 aromatic heterocycles. The molecule has 0 spiro atoms. The minimum absolute atomic E-state index is 0.0945. The lowest BCUT2D eigenvalue weighted by Gasteiger charge is -2.04. The molecule has 0 radical (unpaired) electrons. The van der Waals surface area contributed by atoms with Crippen LogP contribution in [0.5, 0.6) is 0 Å². The lowest BCUT2D eigenvalue weighted by atomic mass is 9.97. The fourth-order valence-electron chi connectivity index (χ4n) is 1.33. The number of hydrogen-bond acceptors (Lipinski definition) is 3. The first-order chi connectivity index (χ1) is 6.72. The molecule has 0 aliphatic rings. The molecule has 0 aliphatic heterocycles. The van der Waals surface area contributed by atoms with Gasteiger partial charge in [0.2, 0.25) is 0 Å². The smallest absolute Gasteiger partial charge is 0.150 e. The topological polar surface area (TPSA) is 64.7 Å². The monoisotopic (exact) mass is 184 g/mol. The quantitative estimate of drug-likeness (QED) is 0.657. The second kappa shape index (κ2) is 4.20. The Bertz CT molecular complexity index is 450. The summed E-state index contributed by atoms with van der Waals surface area (Å²) < 4.78 is 0. The standard InChI is InChI=1S/C11H8N2O/c1-8-4-9(6-13)11(2-3-12)10(5-8)7-14/h4-5,7H,2H2,1H3. The highest BCUT2D eigenvalue weighted by Crippen LogP contribution is 2.16. The molecule has 0 fully saturated rings. The minimum atomic E-state index is 0.0945. The van der Waals surface area contributed by atoms with Crippen molar-refractivity contribution in [1.82, 2.24) is 0 Å². The van der Waals surface area contributed by atoms with Gasteiger partial charge in [-0.25, -0.2) is 0 Å². The molecule has 0 heterocycles. The summed E-state index contributed by atoms with van der Waals surface area (Å²) in [6.07, 6.45) is 0.776. The maximum Gasteiger partial charge on any atom is 0.150 e. The molecule has 0 N–H and O–H groups in total. The first-order valence-electron chi connectivity index (χ1n) is 4.08. The number of carbonyl (C=O) groups is 1. The van der Waals surface area contributed by atoms with Crippen LogP contribution >= 0.6 is 0 Å². The van der Waals surface area contributed by atoms with Gasteiger partial charge in [0.1, 0.15) is 6.29 Å². The minimum Gasteiger partial charge on any atom is -0.298 e. The number of rotatable bonds is 2. The van der Waals surface area contributed by atoms with Crippen LogP contribution in [-0.2, 0) is 6.42 Å². The van der Waals surface area contributed by atoms with Crippen molar-refractivity contribution >= 4 is 6.29 Å². The Balaban J connectivity index is 3.43. The predicted molar refractivity (Wildman–Crippen MR) is 50.6 cm³/mol. The van der Waals surface area contributed by atoms with E-state index in [0.29, 0.717) is 23.0 Å². The van der Waals surface area contributed by atoms with Crippen LogP contribution in [0.3, 0.4) is 0 Å². The van der Waals surface area contributed by atoms with Gasteiger partial charge in [-0.3, -0.25) is 4.79 Å². The van der Waals surface area contributed by atoms with Crippen LogP contribution in [0.1, 0.15) is 27.0 Å². The highest BCUT2D eigenvalue weighted by atomic mass is 16.1. The van der Waals surface area contributed by atoms with Crippen molar-refractivity contribution in [3.63, 3.8) is 0 Å². The molecule has 0 amide bonds. The zero-order valence-corrected chi connectivity index (χ0v) is 7.74. The number of nitriles is 2. The predicted octanol–water partition coefficient (Wildman–Crippen LogP) is 1.75. The van der Waals surface area contributed by atoms with E-state index in [1.54, 1.807) is 12.1 Å². The molecular formula is C11H8N2O. The van der Waals surface area contributed by atoms with E-state index >= 15 is 0 Å². The Hall–Kier alpha value is -2.13. The van der Waals surface area contributed by atoms with Crippen molar-refractivity contribution in [2.45, 2.75) is 13.3 Å². The number of hydrogen-bond donors (Lipinski definition) is 0. The number of aryl methyl sites for hydroxylation is 1. The molecule has 1 rings (SSSR count). The highest BCUT2D eigenvalue weighted by Gasteiger charge is 2.08. The van der Waals surface area contributed by atoms with Crippen LogP contribution in [0.4, 0.5) is 0 Å². The van der Waals surface area contributed by atoms with E-state index < -0.39 is 0 Å². The van der Waals surface area contributed by atoms with Crippen molar-refractivity contribution in [3.05, 3.63) is 34.4 Å². The lowest BCUT2D eigenvalue weighted by molar-refractivity contribution is 0.112. The molecular weight excluding hydrogens is 176 g/mol.